The highest BCUT2D eigenvalue weighted by Gasteiger charge is 2.37. The van der Waals surface area contributed by atoms with E-state index in [1.165, 1.54) is 16.4 Å². The number of halogens is 2. The van der Waals surface area contributed by atoms with Gasteiger partial charge in [0.2, 0.25) is 10.0 Å². The van der Waals surface area contributed by atoms with Crippen LogP contribution in [0, 0.1) is 5.82 Å². The van der Waals surface area contributed by atoms with Gasteiger partial charge in [-0.05, 0) is 55.3 Å². The second-order valence-electron chi connectivity index (χ2n) is 7.06. The molecule has 2 aromatic heterocycles. The lowest BCUT2D eigenvalue weighted by molar-refractivity contribution is -0.0185. The molecule has 6 nitrogen and oxygen atoms in total. The summed E-state index contributed by atoms with van der Waals surface area (Å²) in [7, 11) is -3.71. The van der Waals surface area contributed by atoms with E-state index in [-0.39, 0.29) is 18.0 Å². The third-order valence-electron chi connectivity index (χ3n) is 5.16. The standard InChI is InChI=1S/C19H19ClFN3O3S/c20-18-6-5-17-16(22-18)7-10-23(17)13-19(25)8-11-24(12-9-19)28(26,27)15-3-1-14(21)2-4-15/h1-7,10,25H,8-9,11-13H2. The molecule has 148 valence electrons. The highest BCUT2D eigenvalue weighted by Crippen LogP contribution is 2.29. The number of hydrogen-bond donors (Lipinski definition) is 1. The van der Waals surface area contributed by atoms with E-state index in [0.29, 0.717) is 24.5 Å². The van der Waals surface area contributed by atoms with Gasteiger partial charge in [0.15, 0.2) is 0 Å². The van der Waals surface area contributed by atoms with Crippen LogP contribution in [-0.4, -0.2) is 46.1 Å². The van der Waals surface area contributed by atoms with Crippen molar-refractivity contribution in [1.82, 2.24) is 13.9 Å². The first-order valence-corrected chi connectivity index (χ1v) is 10.7. The number of pyridine rings is 1. The molecule has 4 rings (SSSR count). The van der Waals surface area contributed by atoms with Crippen LogP contribution in [0.3, 0.4) is 0 Å². The normalized spacial score (nSPS) is 17.8. The fourth-order valence-corrected chi connectivity index (χ4v) is 5.16. The number of piperidine rings is 1. The predicted octanol–water partition coefficient (Wildman–Crippen LogP) is 3.04. The summed E-state index contributed by atoms with van der Waals surface area (Å²) in [6, 6.07) is 10.2. The quantitative estimate of drug-likeness (QED) is 0.654. The summed E-state index contributed by atoms with van der Waals surface area (Å²) in [5.74, 6) is -0.485. The Morgan fingerprint density at radius 3 is 2.46 bits per heavy atom. The molecule has 0 bridgehead atoms. The van der Waals surface area contributed by atoms with E-state index < -0.39 is 21.4 Å². The van der Waals surface area contributed by atoms with Gasteiger partial charge >= 0.3 is 0 Å². The zero-order valence-electron chi connectivity index (χ0n) is 14.9. The van der Waals surface area contributed by atoms with Gasteiger partial charge in [-0.15, -0.1) is 0 Å². The van der Waals surface area contributed by atoms with Crippen LogP contribution in [-0.2, 0) is 16.6 Å². The number of rotatable bonds is 4. The monoisotopic (exact) mass is 423 g/mol. The van der Waals surface area contributed by atoms with Crippen molar-refractivity contribution in [3.63, 3.8) is 0 Å². The molecule has 1 fully saturated rings. The number of aromatic nitrogens is 2. The van der Waals surface area contributed by atoms with Crippen molar-refractivity contribution in [1.29, 1.82) is 0 Å². The predicted molar refractivity (Wildman–Crippen MR) is 104 cm³/mol. The molecule has 0 atom stereocenters. The molecule has 1 aliphatic rings. The van der Waals surface area contributed by atoms with Gasteiger partial charge in [-0.3, -0.25) is 0 Å². The van der Waals surface area contributed by atoms with E-state index in [1.54, 1.807) is 6.07 Å². The molecule has 0 spiro atoms. The highest BCUT2D eigenvalue weighted by atomic mass is 35.5. The molecule has 1 aliphatic heterocycles. The van der Waals surface area contributed by atoms with Gasteiger partial charge < -0.3 is 9.67 Å². The van der Waals surface area contributed by atoms with Gasteiger partial charge in [-0.2, -0.15) is 4.31 Å². The first-order chi connectivity index (χ1) is 13.3. The smallest absolute Gasteiger partial charge is 0.243 e. The molecule has 0 aliphatic carbocycles. The maximum absolute atomic E-state index is 13.1. The largest absolute Gasteiger partial charge is 0.388 e. The first-order valence-electron chi connectivity index (χ1n) is 8.86. The Kier molecular flexibility index (Phi) is 4.91. The Morgan fingerprint density at radius 2 is 1.79 bits per heavy atom. The lowest BCUT2D eigenvalue weighted by Gasteiger charge is -2.37. The lowest BCUT2D eigenvalue weighted by atomic mass is 9.92. The van der Waals surface area contributed by atoms with Crippen molar-refractivity contribution in [2.45, 2.75) is 29.9 Å². The van der Waals surface area contributed by atoms with Crippen molar-refractivity contribution in [2.75, 3.05) is 13.1 Å². The second-order valence-corrected chi connectivity index (χ2v) is 9.39. The Bertz CT molecular complexity index is 1110. The molecule has 28 heavy (non-hydrogen) atoms. The maximum atomic E-state index is 13.1. The number of nitrogens with zero attached hydrogens (tertiary/aromatic N) is 3. The molecular formula is C19H19ClFN3O3S. The average Bonchev–Trinajstić information content (AvgIpc) is 3.03. The van der Waals surface area contributed by atoms with E-state index in [4.69, 9.17) is 11.6 Å². The van der Waals surface area contributed by atoms with Gasteiger partial charge in [0.05, 0.1) is 28.1 Å². The lowest BCUT2D eigenvalue weighted by Crippen LogP contribution is -2.48. The second kappa shape index (κ2) is 7.11. The van der Waals surface area contributed by atoms with E-state index in [0.717, 1.165) is 23.2 Å². The van der Waals surface area contributed by atoms with Gasteiger partial charge in [0.25, 0.3) is 0 Å². The van der Waals surface area contributed by atoms with Crippen LogP contribution in [0.2, 0.25) is 5.15 Å². The zero-order valence-corrected chi connectivity index (χ0v) is 16.5. The number of aliphatic hydroxyl groups is 1. The third-order valence-corrected chi connectivity index (χ3v) is 7.28. The van der Waals surface area contributed by atoms with Crippen LogP contribution in [0.15, 0.2) is 53.6 Å². The SMILES string of the molecule is O=S(=O)(c1ccc(F)cc1)N1CCC(O)(Cn2ccc3nc(Cl)ccc32)CC1. The van der Waals surface area contributed by atoms with Crippen LogP contribution >= 0.6 is 11.6 Å². The Hall–Kier alpha value is -2.00. The summed E-state index contributed by atoms with van der Waals surface area (Å²) in [6.07, 6.45) is 2.44. The van der Waals surface area contributed by atoms with Crippen molar-refractivity contribution in [3.05, 3.63) is 59.6 Å². The molecule has 3 heterocycles. The molecular weight excluding hydrogens is 405 g/mol. The van der Waals surface area contributed by atoms with E-state index >= 15 is 0 Å². The molecule has 0 saturated carbocycles. The molecule has 0 radical (unpaired) electrons. The van der Waals surface area contributed by atoms with Gasteiger partial charge in [-0.25, -0.2) is 17.8 Å². The van der Waals surface area contributed by atoms with Crippen LogP contribution < -0.4 is 0 Å². The number of hydrogen-bond acceptors (Lipinski definition) is 4. The molecule has 3 aromatic rings. The van der Waals surface area contributed by atoms with Crippen molar-refractivity contribution < 1.29 is 17.9 Å². The van der Waals surface area contributed by atoms with Gasteiger partial charge in [0, 0.05) is 19.3 Å². The third kappa shape index (κ3) is 3.65. The van der Waals surface area contributed by atoms with Crippen LogP contribution in [0.4, 0.5) is 4.39 Å². The topological polar surface area (TPSA) is 75.4 Å². The maximum Gasteiger partial charge on any atom is 0.243 e. The van der Waals surface area contributed by atoms with E-state index in [1.807, 2.05) is 22.9 Å². The molecule has 1 saturated heterocycles. The number of sulfonamides is 1. The number of benzene rings is 1. The zero-order chi connectivity index (χ0) is 19.9. The van der Waals surface area contributed by atoms with Gasteiger partial charge in [0.1, 0.15) is 11.0 Å². The first kappa shape index (κ1) is 19.3. The summed E-state index contributed by atoms with van der Waals surface area (Å²) < 4.78 is 41.8. The van der Waals surface area contributed by atoms with Crippen LogP contribution in [0.25, 0.3) is 11.0 Å². The van der Waals surface area contributed by atoms with Crippen molar-refractivity contribution in [3.8, 4) is 0 Å². The fraction of sp³-hybridized carbons (Fsp3) is 0.316. The van der Waals surface area contributed by atoms with Crippen LogP contribution in [0.1, 0.15) is 12.8 Å². The van der Waals surface area contributed by atoms with Crippen LogP contribution in [0.5, 0.6) is 0 Å². The van der Waals surface area contributed by atoms with E-state index in [9.17, 15) is 17.9 Å². The Labute approximate surface area is 167 Å². The minimum absolute atomic E-state index is 0.0543. The summed E-state index contributed by atoms with van der Waals surface area (Å²) >= 11 is 5.91. The van der Waals surface area contributed by atoms with Gasteiger partial charge in [-0.1, -0.05) is 11.6 Å². The summed E-state index contributed by atoms with van der Waals surface area (Å²) in [5, 5.41) is 11.4. The number of fused-ring (bicyclic) bond motifs is 1. The molecule has 0 unspecified atom stereocenters. The molecule has 1 N–H and O–H groups in total. The Balaban J connectivity index is 1.48. The average molecular weight is 424 g/mol. The van der Waals surface area contributed by atoms with E-state index in [2.05, 4.69) is 4.98 Å². The van der Waals surface area contributed by atoms with Crippen molar-refractivity contribution in [2.24, 2.45) is 0 Å². The summed E-state index contributed by atoms with van der Waals surface area (Å²) in [4.78, 5) is 4.30. The molecule has 9 heteroatoms. The highest BCUT2D eigenvalue weighted by molar-refractivity contribution is 7.89. The fourth-order valence-electron chi connectivity index (χ4n) is 3.56. The van der Waals surface area contributed by atoms with Crippen molar-refractivity contribution >= 4 is 32.7 Å². The summed E-state index contributed by atoms with van der Waals surface area (Å²) in [5.41, 5.74) is 0.576. The minimum atomic E-state index is -3.71. The minimum Gasteiger partial charge on any atom is -0.388 e. The molecule has 0 amide bonds. The molecule has 1 aromatic carbocycles. The Morgan fingerprint density at radius 1 is 1.11 bits per heavy atom. The summed E-state index contributed by atoms with van der Waals surface area (Å²) in [6.45, 7) is 0.725.